The first-order valence-corrected chi connectivity index (χ1v) is 20.7. The van der Waals surface area contributed by atoms with Gasteiger partial charge in [0.25, 0.3) is 0 Å². The number of benzene rings is 4. The van der Waals surface area contributed by atoms with Crippen molar-refractivity contribution in [3.8, 4) is 28.7 Å². The Labute approximate surface area is 359 Å². The molecule has 2 heterocycles. The maximum absolute atomic E-state index is 13.6. The highest BCUT2D eigenvalue weighted by molar-refractivity contribution is 5.82. The molecular weight excluding hydrogens is 801 g/mol. The standard InChI is InChI=1S/C46H52N4O12/c1-56-37-20-31(21-38(57-2)43(37)52)40-32-22-35-36(62-28-61-35)23-33(32)42(34-27-58-44(53)41(34)40)49-39(51)24-47-16-11-19-50(46(55)60-26-30-14-7-4-8-15-30)18-10-9-17-48-45(54)59-25-29-12-5-3-6-13-29/h3-8,12-15,20-23,34,40-42,47,52H,9-11,16-19,24-28H2,1-2H3,(H,48,54)(H,49,51). The molecule has 4 aromatic carbocycles. The number of aromatic hydroxyl groups is 1. The summed E-state index contributed by atoms with van der Waals surface area (Å²) in [5.74, 6) is -1.12. The van der Waals surface area contributed by atoms with Gasteiger partial charge in [-0.1, -0.05) is 60.7 Å². The van der Waals surface area contributed by atoms with Gasteiger partial charge in [-0.15, -0.1) is 0 Å². The van der Waals surface area contributed by atoms with Gasteiger partial charge < -0.3 is 59.1 Å². The number of phenolic OH excluding ortho intramolecular Hbond substituents is 1. The van der Waals surface area contributed by atoms with Gasteiger partial charge in [-0.3, -0.25) is 9.59 Å². The zero-order valence-corrected chi connectivity index (χ0v) is 34.8. The molecule has 328 valence electrons. The molecule has 4 N–H and O–H groups in total. The fraction of sp³-hybridized carbons (Fsp3) is 0.391. The molecular formula is C46H52N4O12. The van der Waals surface area contributed by atoms with Gasteiger partial charge in [-0.05, 0) is 77.9 Å². The average molecular weight is 853 g/mol. The van der Waals surface area contributed by atoms with Crippen molar-refractivity contribution in [2.75, 3.05) is 60.3 Å². The molecule has 3 aliphatic rings. The van der Waals surface area contributed by atoms with Crippen molar-refractivity contribution < 1.29 is 57.4 Å². The van der Waals surface area contributed by atoms with Gasteiger partial charge in [0, 0.05) is 31.5 Å². The first-order valence-electron chi connectivity index (χ1n) is 20.7. The predicted octanol–water partition coefficient (Wildman–Crippen LogP) is 5.56. The summed E-state index contributed by atoms with van der Waals surface area (Å²) in [7, 11) is 2.87. The third-order valence-corrected chi connectivity index (χ3v) is 11.2. The smallest absolute Gasteiger partial charge is 0.410 e. The highest BCUT2D eigenvalue weighted by Gasteiger charge is 2.53. The maximum atomic E-state index is 13.6. The largest absolute Gasteiger partial charge is 0.502 e. The van der Waals surface area contributed by atoms with Crippen LogP contribution in [0.4, 0.5) is 9.59 Å². The molecule has 0 aromatic heterocycles. The lowest BCUT2D eigenvalue weighted by atomic mass is 9.65. The number of carbonyl (C=O) groups excluding carboxylic acids is 4. The van der Waals surface area contributed by atoms with E-state index < -0.39 is 42.0 Å². The Bertz CT molecular complexity index is 2160. The van der Waals surface area contributed by atoms with Crippen molar-refractivity contribution in [1.29, 1.82) is 0 Å². The first kappa shape index (κ1) is 43.4. The number of phenols is 1. The van der Waals surface area contributed by atoms with E-state index in [1.54, 1.807) is 17.0 Å². The van der Waals surface area contributed by atoms with Crippen LogP contribution in [0.15, 0.2) is 84.9 Å². The normalized spacial score (nSPS) is 18.1. The molecule has 16 nitrogen and oxygen atoms in total. The minimum absolute atomic E-state index is 0.0249. The highest BCUT2D eigenvalue weighted by Crippen LogP contribution is 2.55. The number of ether oxygens (including phenoxy) is 7. The van der Waals surface area contributed by atoms with Crippen LogP contribution in [0.5, 0.6) is 28.7 Å². The molecule has 62 heavy (non-hydrogen) atoms. The van der Waals surface area contributed by atoms with E-state index in [9.17, 15) is 24.3 Å². The molecule has 3 amide bonds. The summed E-state index contributed by atoms with van der Waals surface area (Å²) in [6.07, 6.45) is 0.796. The number of nitrogens with one attached hydrogen (secondary N) is 3. The number of amides is 3. The van der Waals surface area contributed by atoms with Gasteiger partial charge in [0.2, 0.25) is 18.4 Å². The van der Waals surface area contributed by atoms with Crippen LogP contribution >= 0.6 is 0 Å². The number of hydrogen-bond donors (Lipinski definition) is 4. The van der Waals surface area contributed by atoms with Crippen LogP contribution in [0.3, 0.4) is 0 Å². The van der Waals surface area contributed by atoms with Crippen LogP contribution in [0, 0.1) is 11.8 Å². The van der Waals surface area contributed by atoms with E-state index >= 15 is 0 Å². The van der Waals surface area contributed by atoms with Crippen molar-refractivity contribution in [2.45, 2.75) is 44.4 Å². The fourth-order valence-corrected chi connectivity index (χ4v) is 8.16. The number of fused-ring (bicyclic) bond motifs is 3. The van der Waals surface area contributed by atoms with Crippen molar-refractivity contribution in [3.63, 3.8) is 0 Å². The van der Waals surface area contributed by atoms with Gasteiger partial charge >= 0.3 is 18.2 Å². The minimum Gasteiger partial charge on any atom is -0.502 e. The van der Waals surface area contributed by atoms with E-state index in [0.29, 0.717) is 62.5 Å². The van der Waals surface area contributed by atoms with Crippen molar-refractivity contribution in [1.82, 2.24) is 20.9 Å². The van der Waals surface area contributed by atoms with Crippen LogP contribution in [0.1, 0.15) is 59.0 Å². The second-order valence-electron chi connectivity index (χ2n) is 15.2. The SMILES string of the molecule is COc1cc(C2c3cc4c(cc3C(NC(=O)CNCCCN(CCCCNC(=O)OCc3ccccc3)C(=O)OCc3ccccc3)C3COC(=O)C23)OCO4)cc(OC)c1O. The van der Waals surface area contributed by atoms with Gasteiger partial charge in [0.15, 0.2) is 23.0 Å². The molecule has 0 spiro atoms. The highest BCUT2D eigenvalue weighted by atomic mass is 16.7. The number of esters is 1. The van der Waals surface area contributed by atoms with Crippen LogP contribution in [-0.2, 0) is 37.0 Å². The summed E-state index contributed by atoms with van der Waals surface area (Å²) in [5.41, 5.74) is 3.91. The Morgan fingerprint density at radius 2 is 1.40 bits per heavy atom. The number of carbonyl (C=O) groups is 4. The Morgan fingerprint density at radius 1 is 0.774 bits per heavy atom. The molecule has 0 radical (unpaired) electrons. The zero-order chi connectivity index (χ0) is 43.4. The Kier molecular flexibility index (Phi) is 14.5. The van der Waals surface area contributed by atoms with E-state index in [4.69, 9.17) is 33.2 Å². The number of alkyl carbamates (subject to hydrolysis) is 1. The summed E-state index contributed by atoms with van der Waals surface area (Å²) in [6, 6.07) is 25.3. The van der Waals surface area contributed by atoms with Crippen molar-refractivity contribution in [2.24, 2.45) is 11.8 Å². The molecule has 1 saturated heterocycles. The number of rotatable bonds is 19. The summed E-state index contributed by atoms with van der Waals surface area (Å²) in [4.78, 5) is 54.2. The van der Waals surface area contributed by atoms with Crippen LogP contribution in [0.2, 0.25) is 0 Å². The predicted molar refractivity (Wildman–Crippen MR) is 224 cm³/mol. The lowest BCUT2D eigenvalue weighted by Gasteiger charge is -2.39. The fourth-order valence-electron chi connectivity index (χ4n) is 8.16. The number of nitrogens with zero attached hydrogens (tertiary/aromatic N) is 1. The Morgan fingerprint density at radius 3 is 2.06 bits per heavy atom. The van der Waals surface area contributed by atoms with E-state index in [-0.39, 0.29) is 56.3 Å². The second-order valence-corrected chi connectivity index (χ2v) is 15.2. The molecule has 0 saturated carbocycles. The lowest BCUT2D eigenvalue weighted by molar-refractivity contribution is -0.141. The maximum Gasteiger partial charge on any atom is 0.410 e. The Hall–Kier alpha value is -6.68. The molecule has 7 rings (SSSR count). The number of cyclic esters (lactones) is 1. The average Bonchev–Trinajstić information content (AvgIpc) is 3.92. The van der Waals surface area contributed by atoms with Crippen LogP contribution in [-0.4, -0.2) is 94.4 Å². The number of methoxy groups -OCH3 is 2. The van der Waals surface area contributed by atoms with Crippen LogP contribution < -0.4 is 34.9 Å². The van der Waals surface area contributed by atoms with Gasteiger partial charge in [0.1, 0.15) is 13.2 Å². The summed E-state index contributed by atoms with van der Waals surface area (Å²) >= 11 is 0. The number of hydrogen-bond acceptors (Lipinski definition) is 13. The molecule has 4 aromatic rings. The molecule has 1 fully saturated rings. The topological polar surface area (TPSA) is 192 Å². The number of unbranched alkanes of at least 4 members (excludes halogenated alkanes) is 1. The summed E-state index contributed by atoms with van der Waals surface area (Å²) in [6.45, 7) is 1.98. The molecule has 1 aliphatic carbocycles. The van der Waals surface area contributed by atoms with Crippen LogP contribution in [0.25, 0.3) is 0 Å². The summed E-state index contributed by atoms with van der Waals surface area (Å²) < 4.78 is 39.0. The molecule has 0 bridgehead atoms. The third kappa shape index (κ3) is 10.4. The Balaban J connectivity index is 0.949. The molecule has 4 atom stereocenters. The molecule has 2 aliphatic heterocycles. The van der Waals surface area contributed by atoms with E-state index in [0.717, 1.165) is 22.3 Å². The van der Waals surface area contributed by atoms with Crippen molar-refractivity contribution >= 4 is 24.1 Å². The molecule has 16 heteroatoms. The first-order chi connectivity index (χ1) is 30.2. The zero-order valence-electron chi connectivity index (χ0n) is 34.8. The lowest BCUT2D eigenvalue weighted by Crippen LogP contribution is -2.45. The van der Waals surface area contributed by atoms with Crippen molar-refractivity contribution in [3.05, 3.63) is 113 Å². The van der Waals surface area contributed by atoms with E-state index in [1.165, 1.54) is 14.2 Å². The monoisotopic (exact) mass is 852 g/mol. The minimum atomic E-state index is -0.683. The third-order valence-electron chi connectivity index (χ3n) is 11.2. The molecule has 4 unspecified atom stereocenters. The van der Waals surface area contributed by atoms with E-state index in [1.807, 2.05) is 72.8 Å². The second kappa shape index (κ2) is 20.7. The van der Waals surface area contributed by atoms with Gasteiger partial charge in [-0.2, -0.15) is 0 Å². The van der Waals surface area contributed by atoms with Gasteiger partial charge in [-0.25, -0.2) is 9.59 Å². The summed E-state index contributed by atoms with van der Waals surface area (Å²) in [5, 5.41) is 19.8. The van der Waals surface area contributed by atoms with E-state index in [2.05, 4.69) is 16.0 Å². The quantitative estimate of drug-likeness (QED) is 0.0522. The van der Waals surface area contributed by atoms with Gasteiger partial charge in [0.05, 0.1) is 39.3 Å².